The van der Waals surface area contributed by atoms with Gasteiger partial charge in [0.05, 0.1) is 0 Å². The summed E-state index contributed by atoms with van der Waals surface area (Å²) in [7, 11) is 4.53. The minimum atomic E-state index is 0.742. The average Bonchev–Trinajstić information content (AvgIpc) is 2.53. The van der Waals surface area contributed by atoms with Crippen molar-refractivity contribution in [2.24, 2.45) is 0 Å². The van der Waals surface area contributed by atoms with Crippen molar-refractivity contribution in [3.63, 3.8) is 0 Å². The summed E-state index contributed by atoms with van der Waals surface area (Å²) in [6.07, 6.45) is 6.89. The number of rotatable bonds is 4. The Bertz CT molecular complexity index is 361. The van der Waals surface area contributed by atoms with E-state index in [0.29, 0.717) is 0 Å². The van der Waals surface area contributed by atoms with Crippen LogP contribution in [0, 0.1) is 0 Å². The first-order valence-electron chi connectivity index (χ1n) is 6.00. The minimum Gasteiger partial charge on any atom is -0.230 e. The third-order valence-corrected chi connectivity index (χ3v) is 4.68. The molecule has 2 heterocycles. The first-order valence-corrected chi connectivity index (χ1v) is 9.49. The summed E-state index contributed by atoms with van der Waals surface area (Å²) in [6, 6.07) is 3.59. The smallest absolute Gasteiger partial charge is 0.199 e. The van der Waals surface area contributed by atoms with Crippen LogP contribution in [0.25, 0.3) is 0 Å². The number of nitrogens with zero attached hydrogens (tertiary/aromatic N) is 4. The third-order valence-electron chi connectivity index (χ3n) is 1.30. The maximum Gasteiger partial charge on any atom is 0.199 e. The lowest BCUT2D eigenvalue weighted by atomic mass is 10.7. The van der Waals surface area contributed by atoms with Crippen molar-refractivity contribution < 1.29 is 0 Å². The lowest BCUT2D eigenvalue weighted by Gasteiger charge is -1.96. The van der Waals surface area contributed by atoms with Gasteiger partial charge in [0.1, 0.15) is 0 Å². The molecule has 2 aromatic rings. The van der Waals surface area contributed by atoms with Crippen molar-refractivity contribution in [1.82, 2.24) is 19.9 Å². The molecule has 0 aliphatic heterocycles. The van der Waals surface area contributed by atoms with Crippen LogP contribution in [0.5, 0.6) is 0 Å². The zero-order valence-electron chi connectivity index (χ0n) is 11.5. The third kappa shape index (κ3) is 8.85. The van der Waals surface area contributed by atoms with Gasteiger partial charge in [-0.3, -0.25) is 0 Å². The van der Waals surface area contributed by atoms with Crippen LogP contribution in [0.4, 0.5) is 0 Å². The van der Waals surface area contributed by atoms with E-state index in [-0.39, 0.29) is 0 Å². The van der Waals surface area contributed by atoms with Gasteiger partial charge in [-0.25, -0.2) is 19.9 Å². The molecule has 104 valence electrons. The van der Waals surface area contributed by atoms with Crippen molar-refractivity contribution in [1.29, 1.82) is 0 Å². The highest BCUT2D eigenvalue weighted by Gasteiger charge is 2.00. The highest BCUT2D eigenvalue weighted by molar-refractivity contribution is 9.09. The van der Waals surface area contributed by atoms with Gasteiger partial charge in [0.25, 0.3) is 0 Å². The van der Waals surface area contributed by atoms with Crippen LogP contribution in [0.2, 0.25) is 0 Å². The van der Waals surface area contributed by atoms with Crippen LogP contribution in [0.3, 0.4) is 0 Å². The van der Waals surface area contributed by atoms with Crippen molar-refractivity contribution in [2.45, 2.75) is 38.0 Å². The summed E-state index contributed by atoms with van der Waals surface area (Å²) in [5.74, 6) is 0. The monoisotopic (exact) mass is 314 g/mol. The second-order valence-electron chi connectivity index (χ2n) is 2.30. The zero-order valence-corrected chi connectivity index (χ0v) is 13.9. The summed E-state index contributed by atoms with van der Waals surface area (Å²) in [5.41, 5.74) is 0. The second-order valence-corrected chi connectivity index (χ2v) is 6.13. The highest BCUT2D eigenvalue weighted by Crippen LogP contribution is 2.41. The first-order chi connectivity index (χ1) is 9.45. The van der Waals surface area contributed by atoms with Crippen molar-refractivity contribution in [2.75, 3.05) is 0 Å². The lowest BCUT2D eigenvalue weighted by Crippen LogP contribution is -1.80. The topological polar surface area (TPSA) is 51.6 Å². The van der Waals surface area contributed by atoms with E-state index in [1.165, 1.54) is 21.6 Å². The summed E-state index contributed by atoms with van der Waals surface area (Å²) in [4.78, 5) is 16.3. The molecule has 7 heteroatoms. The Morgan fingerprint density at radius 1 is 0.632 bits per heavy atom. The average molecular weight is 315 g/mol. The Hall–Kier alpha value is -0.790. The van der Waals surface area contributed by atoms with E-state index in [9.17, 15) is 0 Å². The number of hydrogen-bond donors (Lipinski definition) is 0. The molecule has 19 heavy (non-hydrogen) atoms. The maximum atomic E-state index is 4.09. The summed E-state index contributed by atoms with van der Waals surface area (Å²) >= 11 is 0. The maximum absolute atomic E-state index is 4.09. The second kappa shape index (κ2) is 13.6. The first kappa shape index (κ1) is 18.2. The quantitative estimate of drug-likeness (QED) is 0.595. The SMILES string of the molecule is CC.CC.c1cnc(SSSc2ncccn2)nc1. The fraction of sp³-hybridized carbons (Fsp3) is 0.333. The van der Waals surface area contributed by atoms with Gasteiger partial charge in [0, 0.05) is 24.8 Å². The molecule has 2 rings (SSSR count). The molecule has 2 aromatic heterocycles. The highest BCUT2D eigenvalue weighted by atomic mass is 33.5. The predicted molar refractivity (Wildman–Crippen MR) is 86.1 cm³/mol. The van der Waals surface area contributed by atoms with Gasteiger partial charge in [-0.2, -0.15) is 0 Å². The van der Waals surface area contributed by atoms with E-state index < -0.39 is 0 Å². The molecule has 0 aromatic carbocycles. The molecule has 0 saturated heterocycles. The van der Waals surface area contributed by atoms with Crippen molar-refractivity contribution in [3.05, 3.63) is 36.9 Å². The molecule has 0 spiro atoms. The van der Waals surface area contributed by atoms with E-state index in [2.05, 4.69) is 19.9 Å². The normalized spacial score (nSPS) is 8.63. The number of hydrogen-bond acceptors (Lipinski definition) is 7. The molecule has 0 bridgehead atoms. The van der Waals surface area contributed by atoms with E-state index in [1.807, 2.05) is 27.7 Å². The van der Waals surface area contributed by atoms with Crippen molar-refractivity contribution in [3.8, 4) is 0 Å². The van der Waals surface area contributed by atoms with Crippen LogP contribution < -0.4 is 0 Å². The van der Waals surface area contributed by atoms with E-state index in [0.717, 1.165) is 10.3 Å². The zero-order chi connectivity index (χ0) is 14.3. The largest absolute Gasteiger partial charge is 0.230 e. The van der Waals surface area contributed by atoms with Crippen molar-refractivity contribution >= 4 is 31.4 Å². The summed E-state index contributed by atoms with van der Waals surface area (Å²) < 4.78 is 0. The molecule has 0 atom stereocenters. The predicted octanol–water partition coefficient (Wildman–Crippen LogP) is 4.77. The molecule has 0 radical (unpaired) electrons. The van der Waals surface area contributed by atoms with E-state index in [4.69, 9.17) is 0 Å². The molecule has 0 unspecified atom stereocenters. The molecule has 0 saturated carbocycles. The van der Waals surface area contributed by atoms with Crippen LogP contribution in [-0.4, -0.2) is 19.9 Å². The molecule has 0 aliphatic rings. The summed E-state index contributed by atoms with van der Waals surface area (Å²) in [6.45, 7) is 8.00. The molecule has 0 aliphatic carbocycles. The van der Waals surface area contributed by atoms with Gasteiger partial charge >= 0.3 is 0 Å². The Morgan fingerprint density at radius 3 is 1.26 bits per heavy atom. The van der Waals surface area contributed by atoms with Gasteiger partial charge < -0.3 is 0 Å². The van der Waals surface area contributed by atoms with Crippen LogP contribution in [0.1, 0.15) is 27.7 Å². The van der Waals surface area contributed by atoms with Gasteiger partial charge in [0.2, 0.25) is 0 Å². The molecular weight excluding hydrogens is 296 g/mol. The fourth-order valence-corrected chi connectivity index (χ4v) is 3.69. The fourth-order valence-electron chi connectivity index (χ4n) is 0.735. The Morgan fingerprint density at radius 2 is 0.947 bits per heavy atom. The minimum absolute atomic E-state index is 0.742. The Balaban J connectivity index is 0.000000741. The number of aromatic nitrogens is 4. The van der Waals surface area contributed by atoms with Gasteiger partial charge in [-0.05, 0) is 43.5 Å². The Kier molecular flexibility index (Phi) is 13.1. The van der Waals surface area contributed by atoms with Crippen LogP contribution in [0.15, 0.2) is 47.2 Å². The lowest BCUT2D eigenvalue weighted by molar-refractivity contribution is 0.972. The molecule has 0 amide bonds. The molecular formula is C12H18N4S3. The van der Waals surface area contributed by atoms with E-state index in [1.54, 1.807) is 46.7 Å². The van der Waals surface area contributed by atoms with Crippen LogP contribution in [-0.2, 0) is 0 Å². The molecule has 0 N–H and O–H groups in total. The van der Waals surface area contributed by atoms with Crippen LogP contribution >= 0.6 is 31.4 Å². The Labute approximate surface area is 126 Å². The van der Waals surface area contributed by atoms with Gasteiger partial charge in [-0.15, -0.1) is 0 Å². The standard InChI is InChI=1S/C8H6N4S3.2C2H6/c1-3-9-7(10-4-1)13-15-14-8-11-5-2-6-12-8;2*1-2/h1-6H;2*1-2H3. The molecule has 4 nitrogen and oxygen atoms in total. The summed E-state index contributed by atoms with van der Waals surface area (Å²) in [5, 5.41) is 1.48. The van der Waals surface area contributed by atoms with Gasteiger partial charge in [-0.1, -0.05) is 27.7 Å². The molecule has 0 fully saturated rings. The van der Waals surface area contributed by atoms with Gasteiger partial charge in [0.15, 0.2) is 10.3 Å². The van der Waals surface area contributed by atoms with E-state index >= 15 is 0 Å².